The van der Waals surface area contributed by atoms with Gasteiger partial charge in [0, 0.05) is 26.3 Å². The van der Waals surface area contributed by atoms with E-state index in [1.54, 1.807) is 0 Å². The van der Waals surface area contributed by atoms with Crippen LogP contribution >= 0.6 is 0 Å². The lowest BCUT2D eigenvalue weighted by Crippen LogP contribution is -2.49. The van der Waals surface area contributed by atoms with Crippen molar-refractivity contribution < 1.29 is 9.90 Å². The molecule has 2 unspecified atom stereocenters. The van der Waals surface area contributed by atoms with Gasteiger partial charge in [-0.05, 0) is 43.4 Å². The predicted octanol–water partition coefficient (Wildman–Crippen LogP) is 2.29. The fraction of sp³-hybridized carbons (Fsp3) is 0.611. The Kier molecular flexibility index (Phi) is 6.71. The molecule has 3 N–H and O–H groups in total. The van der Waals surface area contributed by atoms with E-state index < -0.39 is 6.10 Å². The number of aryl methyl sites for hydroxylation is 1. The summed E-state index contributed by atoms with van der Waals surface area (Å²) in [5.74, 6) is 0. The summed E-state index contributed by atoms with van der Waals surface area (Å²) < 4.78 is 0. The van der Waals surface area contributed by atoms with Crippen LogP contribution in [0.4, 0.5) is 10.5 Å². The van der Waals surface area contributed by atoms with Gasteiger partial charge in [-0.3, -0.25) is 0 Å². The third-order valence-corrected chi connectivity index (χ3v) is 4.43. The van der Waals surface area contributed by atoms with Crippen LogP contribution in [0.2, 0.25) is 0 Å². The van der Waals surface area contributed by atoms with Crippen molar-refractivity contribution >= 4 is 11.7 Å². The van der Waals surface area contributed by atoms with Gasteiger partial charge in [0.2, 0.25) is 0 Å². The Morgan fingerprint density at radius 2 is 1.91 bits per heavy atom. The number of nitrogens with zero attached hydrogens (tertiary/aromatic N) is 1. The molecule has 2 atom stereocenters. The summed E-state index contributed by atoms with van der Waals surface area (Å²) in [4.78, 5) is 13.9. The molecule has 2 amide bonds. The van der Waals surface area contributed by atoms with Crippen molar-refractivity contribution in [3.05, 3.63) is 29.8 Å². The van der Waals surface area contributed by atoms with Crippen molar-refractivity contribution in [2.75, 3.05) is 25.5 Å². The van der Waals surface area contributed by atoms with Crippen molar-refractivity contribution in [2.45, 2.75) is 50.7 Å². The van der Waals surface area contributed by atoms with E-state index in [2.05, 4.69) is 39.8 Å². The quantitative estimate of drug-likeness (QED) is 0.705. The van der Waals surface area contributed by atoms with Crippen molar-refractivity contribution in [1.29, 1.82) is 0 Å². The monoisotopic (exact) mass is 319 g/mol. The average molecular weight is 319 g/mol. The van der Waals surface area contributed by atoms with Gasteiger partial charge in [0.05, 0.1) is 12.1 Å². The summed E-state index contributed by atoms with van der Waals surface area (Å²) in [7, 11) is 4.06. The zero-order valence-electron chi connectivity index (χ0n) is 14.2. The predicted molar refractivity (Wildman–Crippen MR) is 93.9 cm³/mol. The molecule has 5 nitrogen and oxygen atoms in total. The van der Waals surface area contributed by atoms with Gasteiger partial charge in [-0.1, -0.05) is 25.0 Å². The van der Waals surface area contributed by atoms with Crippen LogP contribution in [-0.2, 0) is 6.42 Å². The molecule has 0 heterocycles. The number of carbonyl (C=O) groups is 1. The molecular formula is C18H29N3O2. The van der Waals surface area contributed by atoms with Crippen LogP contribution in [0.5, 0.6) is 0 Å². The summed E-state index contributed by atoms with van der Waals surface area (Å²) in [6, 6.07) is 8.22. The van der Waals surface area contributed by atoms with E-state index >= 15 is 0 Å². The van der Waals surface area contributed by atoms with Crippen LogP contribution in [0.1, 0.15) is 37.7 Å². The molecule has 1 fully saturated rings. The first kappa shape index (κ1) is 17.6. The SMILES string of the molecule is CN(C)c1ccc(CCCNC(=O)NC2CCCCC2O)cc1. The molecule has 1 aliphatic rings. The van der Waals surface area contributed by atoms with Gasteiger partial charge in [-0.25, -0.2) is 4.79 Å². The van der Waals surface area contributed by atoms with Crippen molar-refractivity contribution in [3.8, 4) is 0 Å². The molecule has 1 aliphatic carbocycles. The first-order chi connectivity index (χ1) is 11.1. The van der Waals surface area contributed by atoms with Gasteiger partial charge < -0.3 is 20.6 Å². The maximum atomic E-state index is 11.8. The standard InChI is InChI=1S/C18H29N3O2/c1-21(2)15-11-9-14(10-12-15)6-5-13-19-18(23)20-16-7-3-4-8-17(16)22/h9-12,16-17,22H,3-8,13H2,1-2H3,(H2,19,20,23). The highest BCUT2D eigenvalue weighted by molar-refractivity contribution is 5.74. The van der Waals surface area contributed by atoms with Gasteiger partial charge in [-0.2, -0.15) is 0 Å². The fourth-order valence-electron chi connectivity index (χ4n) is 2.95. The molecule has 128 valence electrons. The summed E-state index contributed by atoms with van der Waals surface area (Å²) in [5.41, 5.74) is 2.47. The first-order valence-electron chi connectivity index (χ1n) is 8.55. The Balaban J connectivity index is 1.63. The Hall–Kier alpha value is -1.75. The molecule has 0 aliphatic heterocycles. The average Bonchev–Trinajstić information content (AvgIpc) is 2.54. The highest BCUT2D eigenvalue weighted by atomic mass is 16.3. The molecule has 1 saturated carbocycles. The molecule has 0 bridgehead atoms. The Morgan fingerprint density at radius 1 is 1.22 bits per heavy atom. The number of hydrogen-bond donors (Lipinski definition) is 3. The largest absolute Gasteiger partial charge is 0.391 e. The van der Waals surface area contributed by atoms with Crippen LogP contribution in [0.25, 0.3) is 0 Å². The maximum Gasteiger partial charge on any atom is 0.315 e. The minimum atomic E-state index is -0.398. The normalized spacial score (nSPS) is 20.8. The summed E-state index contributed by atoms with van der Waals surface area (Å²) >= 11 is 0. The third kappa shape index (κ3) is 5.75. The molecule has 1 aromatic carbocycles. The van der Waals surface area contributed by atoms with Gasteiger partial charge in [0.25, 0.3) is 0 Å². The van der Waals surface area contributed by atoms with Crippen LogP contribution in [0.15, 0.2) is 24.3 Å². The summed E-state index contributed by atoms with van der Waals surface area (Å²) in [6.07, 6.45) is 5.23. The number of carbonyl (C=O) groups excluding carboxylic acids is 1. The van der Waals surface area contributed by atoms with E-state index in [-0.39, 0.29) is 12.1 Å². The lowest BCUT2D eigenvalue weighted by Gasteiger charge is -2.28. The molecule has 0 aromatic heterocycles. The van der Waals surface area contributed by atoms with E-state index in [0.29, 0.717) is 6.54 Å². The summed E-state index contributed by atoms with van der Waals surface area (Å²) in [5, 5.41) is 15.6. The Morgan fingerprint density at radius 3 is 2.57 bits per heavy atom. The van der Waals surface area contributed by atoms with Gasteiger partial charge >= 0.3 is 6.03 Å². The molecular weight excluding hydrogens is 290 g/mol. The highest BCUT2D eigenvalue weighted by Gasteiger charge is 2.24. The van der Waals surface area contributed by atoms with Gasteiger partial charge in [-0.15, -0.1) is 0 Å². The van der Waals surface area contributed by atoms with E-state index in [0.717, 1.165) is 38.5 Å². The second-order valence-corrected chi connectivity index (χ2v) is 6.52. The zero-order valence-corrected chi connectivity index (χ0v) is 14.2. The third-order valence-electron chi connectivity index (χ3n) is 4.43. The highest BCUT2D eigenvalue weighted by Crippen LogP contribution is 2.18. The van der Waals surface area contributed by atoms with Crippen molar-refractivity contribution in [1.82, 2.24) is 10.6 Å². The van der Waals surface area contributed by atoms with Crippen LogP contribution in [0, 0.1) is 0 Å². The molecule has 5 heteroatoms. The van der Waals surface area contributed by atoms with E-state index in [1.165, 1.54) is 11.3 Å². The van der Waals surface area contributed by atoms with Crippen LogP contribution in [0.3, 0.4) is 0 Å². The first-order valence-corrected chi connectivity index (χ1v) is 8.55. The van der Waals surface area contributed by atoms with Crippen LogP contribution in [-0.4, -0.2) is 43.9 Å². The number of amides is 2. The van der Waals surface area contributed by atoms with Crippen molar-refractivity contribution in [2.24, 2.45) is 0 Å². The van der Waals surface area contributed by atoms with E-state index in [1.807, 2.05) is 14.1 Å². The topological polar surface area (TPSA) is 64.6 Å². The van der Waals surface area contributed by atoms with Crippen molar-refractivity contribution in [3.63, 3.8) is 0 Å². The molecule has 23 heavy (non-hydrogen) atoms. The lowest BCUT2D eigenvalue weighted by atomic mass is 9.93. The molecule has 0 saturated heterocycles. The zero-order chi connectivity index (χ0) is 16.7. The number of anilines is 1. The summed E-state index contributed by atoms with van der Waals surface area (Å²) in [6.45, 7) is 0.643. The van der Waals surface area contributed by atoms with Gasteiger partial charge in [0.1, 0.15) is 0 Å². The van der Waals surface area contributed by atoms with E-state index in [4.69, 9.17) is 0 Å². The van der Waals surface area contributed by atoms with E-state index in [9.17, 15) is 9.90 Å². The minimum Gasteiger partial charge on any atom is -0.391 e. The lowest BCUT2D eigenvalue weighted by molar-refractivity contribution is 0.0943. The second kappa shape index (κ2) is 8.77. The number of aliphatic hydroxyl groups is 1. The second-order valence-electron chi connectivity index (χ2n) is 6.52. The smallest absolute Gasteiger partial charge is 0.315 e. The number of rotatable bonds is 6. The molecule has 0 spiro atoms. The number of benzene rings is 1. The number of nitrogens with one attached hydrogen (secondary N) is 2. The number of hydrogen-bond acceptors (Lipinski definition) is 3. The van der Waals surface area contributed by atoms with Gasteiger partial charge in [0.15, 0.2) is 0 Å². The molecule has 2 rings (SSSR count). The Bertz CT molecular complexity index is 488. The van der Waals surface area contributed by atoms with Crippen LogP contribution < -0.4 is 15.5 Å². The Labute approximate surface area is 139 Å². The number of urea groups is 1. The maximum absolute atomic E-state index is 11.8. The molecule has 1 aromatic rings. The molecule has 0 radical (unpaired) electrons. The fourth-order valence-corrected chi connectivity index (χ4v) is 2.95. The number of aliphatic hydroxyl groups excluding tert-OH is 1. The minimum absolute atomic E-state index is 0.0951.